The quantitative estimate of drug-likeness (QED) is 0.812. The van der Waals surface area contributed by atoms with Gasteiger partial charge in [-0.15, -0.1) is 0 Å². The van der Waals surface area contributed by atoms with Crippen LogP contribution >= 0.6 is 0 Å². The van der Waals surface area contributed by atoms with Crippen LogP contribution in [0.5, 0.6) is 5.75 Å². The lowest BCUT2D eigenvalue weighted by Gasteiger charge is -2.17. The summed E-state index contributed by atoms with van der Waals surface area (Å²) >= 11 is 0. The first-order valence-corrected chi connectivity index (χ1v) is 8.93. The van der Waals surface area contributed by atoms with Crippen LogP contribution in [0.4, 0.5) is 4.79 Å². The first-order chi connectivity index (χ1) is 12.2. The SMILES string of the molecule is CN(Cc1ccn[nH]1)C(=O)NCCc1ccc(OC2CCCC2)cc1. The van der Waals surface area contributed by atoms with Gasteiger partial charge in [-0.3, -0.25) is 5.10 Å². The molecule has 6 heteroatoms. The molecular formula is C19H26N4O2. The van der Waals surface area contributed by atoms with Gasteiger partial charge in [-0.2, -0.15) is 5.10 Å². The number of benzene rings is 1. The molecule has 1 heterocycles. The molecule has 1 fully saturated rings. The lowest BCUT2D eigenvalue weighted by atomic mass is 10.1. The van der Waals surface area contributed by atoms with Crippen molar-refractivity contribution in [2.75, 3.05) is 13.6 Å². The number of rotatable bonds is 7. The van der Waals surface area contributed by atoms with Crippen LogP contribution in [0.15, 0.2) is 36.5 Å². The molecule has 0 spiro atoms. The van der Waals surface area contributed by atoms with Crippen molar-refractivity contribution in [2.45, 2.75) is 44.8 Å². The highest BCUT2D eigenvalue weighted by atomic mass is 16.5. The Hall–Kier alpha value is -2.50. The predicted octanol–water partition coefficient (Wildman–Crippen LogP) is 3.12. The number of carbonyl (C=O) groups excluding carboxylic acids is 1. The van der Waals surface area contributed by atoms with E-state index in [0.29, 0.717) is 19.2 Å². The summed E-state index contributed by atoms with van der Waals surface area (Å²) in [5, 5.41) is 9.67. The molecule has 0 saturated heterocycles. The lowest BCUT2D eigenvalue weighted by molar-refractivity contribution is 0.206. The number of H-pyrrole nitrogens is 1. The van der Waals surface area contributed by atoms with Gasteiger partial charge in [0, 0.05) is 19.8 Å². The highest BCUT2D eigenvalue weighted by Crippen LogP contribution is 2.24. The van der Waals surface area contributed by atoms with Gasteiger partial charge in [0.15, 0.2) is 0 Å². The minimum atomic E-state index is -0.0872. The summed E-state index contributed by atoms with van der Waals surface area (Å²) in [6, 6.07) is 9.98. The van der Waals surface area contributed by atoms with E-state index in [-0.39, 0.29) is 6.03 Å². The molecule has 3 rings (SSSR count). The third kappa shape index (κ3) is 5.24. The highest BCUT2D eigenvalue weighted by Gasteiger charge is 2.16. The molecule has 2 N–H and O–H groups in total. The van der Waals surface area contributed by atoms with E-state index in [1.165, 1.54) is 31.2 Å². The second kappa shape index (κ2) is 8.55. The zero-order valence-corrected chi connectivity index (χ0v) is 14.7. The second-order valence-electron chi connectivity index (χ2n) is 6.59. The van der Waals surface area contributed by atoms with Crippen molar-refractivity contribution in [3.63, 3.8) is 0 Å². The van der Waals surface area contributed by atoms with Crippen LogP contribution in [0.2, 0.25) is 0 Å². The van der Waals surface area contributed by atoms with E-state index in [2.05, 4.69) is 27.6 Å². The van der Waals surface area contributed by atoms with Crippen LogP contribution in [-0.4, -0.2) is 40.8 Å². The van der Waals surface area contributed by atoms with Gasteiger partial charge >= 0.3 is 6.03 Å². The Bertz CT molecular complexity index is 649. The third-order valence-corrected chi connectivity index (χ3v) is 4.53. The van der Waals surface area contributed by atoms with Gasteiger partial charge in [0.1, 0.15) is 5.75 Å². The van der Waals surface area contributed by atoms with Gasteiger partial charge in [0.25, 0.3) is 0 Å². The van der Waals surface area contributed by atoms with Gasteiger partial charge in [0.05, 0.1) is 18.3 Å². The standard InChI is InChI=1S/C19H26N4O2/c1-23(14-16-11-13-21-22-16)19(24)20-12-10-15-6-8-18(9-7-15)25-17-4-2-3-5-17/h6-9,11,13,17H,2-5,10,12,14H2,1H3,(H,20,24)(H,21,22). The number of amides is 2. The van der Waals surface area contributed by atoms with Crippen LogP contribution in [0.3, 0.4) is 0 Å². The molecule has 2 aromatic rings. The van der Waals surface area contributed by atoms with E-state index in [0.717, 1.165) is 17.9 Å². The number of nitrogens with one attached hydrogen (secondary N) is 2. The van der Waals surface area contributed by atoms with E-state index in [1.807, 2.05) is 18.2 Å². The molecule has 25 heavy (non-hydrogen) atoms. The van der Waals surface area contributed by atoms with Gasteiger partial charge in [0.2, 0.25) is 0 Å². The monoisotopic (exact) mass is 342 g/mol. The molecule has 6 nitrogen and oxygen atoms in total. The molecule has 0 radical (unpaired) electrons. The number of aromatic nitrogens is 2. The molecule has 0 atom stereocenters. The highest BCUT2D eigenvalue weighted by molar-refractivity contribution is 5.73. The van der Waals surface area contributed by atoms with Crippen LogP contribution in [0.1, 0.15) is 36.9 Å². The summed E-state index contributed by atoms with van der Waals surface area (Å²) in [6.45, 7) is 1.12. The molecule has 1 aromatic heterocycles. The van der Waals surface area contributed by atoms with Crippen molar-refractivity contribution in [1.82, 2.24) is 20.4 Å². The van der Waals surface area contributed by atoms with Crippen molar-refractivity contribution < 1.29 is 9.53 Å². The minimum Gasteiger partial charge on any atom is -0.490 e. The van der Waals surface area contributed by atoms with E-state index >= 15 is 0 Å². The first-order valence-electron chi connectivity index (χ1n) is 8.93. The van der Waals surface area contributed by atoms with Crippen molar-refractivity contribution in [1.29, 1.82) is 0 Å². The minimum absolute atomic E-state index is 0.0872. The number of aromatic amines is 1. The van der Waals surface area contributed by atoms with Crippen molar-refractivity contribution in [3.05, 3.63) is 47.8 Å². The predicted molar refractivity (Wildman–Crippen MR) is 96.5 cm³/mol. The molecule has 0 aliphatic heterocycles. The summed E-state index contributed by atoms with van der Waals surface area (Å²) < 4.78 is 5.97. The average molecular weight is 342 g/mol. The van der Waals surface area contributed by atoms with Gasteiger partial charge in [-0.1, -0.05) is 12.1 Å². The molecule has 1 aromatic carbocycles. The van der Waals surface area contributed by atoms with Crippen molar-refractivity contribution in [3.8, 4) is 5.75 Å². The molecule has 0 unspecified atom stereocenters. The van der Waals surface area contributed by atoms with Crippen LogP contribution < -0.4 is 10.1 Å². The molecule has 1 aliphatic carbocycles. The van der Waals surface area contributed by atoms with Gasteiger partial charge in [-0.25, -0.2) is 4.79 Å². The smallest absolute Gasteiger partial charge is 0.317 e. The van der Waals surface area contributed by atoms with Crippen LogP contribution in [0.25, 0.3) is 0 Å². The normalized spacial score (nSPS) is 14.4. The average Bonchev–Trinajstić information content (AvgIpc) is 3.30. The first kappa shape index (κ1) is 17.3. The van der Waals surface area contributed by atoms with E-state index < -0.39 is 0 Å². The fourth-order valence-corrected chi connectivity index (χ4v) is 3.08. The van der Waals surface area contributed by atoms with E-state index in [1.54, 1.807) is 18.1 Å². The third-order valence-electron chi connectivity index (χ3n) is 4.53. The number of nitrogens with zero attached hydrogens (tertiary/aromatic N) is 2. The molecule has 134 valence electrons. The lowest BCUT2D eigenvalue weighted by Crippen LogP contribution is -2.37. The van der Waals surface area contributed by atoms with E-state index in [4.69, 9.17) is 4.74 Å². The molecule has 2 amide bonds. The van der Waals surface area contributed by atoms with Crippen LogP contribution in [-0.2, 0) is 13.0 Å². The maximum Gasteiger partial charge on any atom is 0.317 e. The van der Waals surface area contributed by atoms with Gasteiger partial charge < -0.3 is 15.0 Å². The number of hydrogen-bond donors (Lipinski definition) is 2. The summed E-state index contributed by atoms with van der Waals surface area (Å²) in [5.41, 5.74) is 2.10. The fourth-order valence-electron chi connectivity index (χ4n) is 3.08. The summed E-state index contributed by atoms with van der Waals surface area (Å²) in [6.07, 6.45) is 7.75. The number of ether oxygens (including phenoxy) is 1. The van der Waals surface area contributed by atoms with Crippen LogP contribution in [0, 0.1) is 0 Å². The fraction of sp³-hybridized carbons (Fsp3) is 0.474. The molecule has 0 bridgehead atoms. The largest absolute Gasteiger partial charge is 0.490 e. The molecular weight excluding hydrogens is 316 g/mol. The Balaban J connectivity index is 1.38. The van der Waals surface area contributed by atoms with Crippen molar-refractivity contribution >= 4 is 6.03 Å². The maximum absolute atomic E-state index is 12.1. The Morgan fingerprint density at radius 2 is 2.04 bits per heavy atom. The van der Waals surface area contributed by atoms with E-state index in [9.17, 15) is 4.79 Å². The zero-order chi connectivity index (χ0) is 17.5. The molecule has 1 saturated carbocycles. The Kier molecular flexibility index (Phi) is 5.93. The second-order valence-corrected chi connectivity index (χ2v) is 6.59. The number of carbonyl (C=O) groups is 1. The Morgan fingerprint density at radius 3 is 2.72 bits per heavy atom. The summed E-state index contributed by atoms with van der Waals surface area (Å²) in [7, 11) is 1.77. The number of urea groups is 1. The number of hydrogen-bond acceptors (Lipinski definition) is 3. The van der Waals surface area contributed by atoms with Crippen molar-refractivity contribution in [2.24, 2.45) is 0 Å². The Labute approximate surface area is 148 Å². The zero-order valence-electron chi connectivity index (χ0n) is 14.7. The summed E-state index contributed by atoms with van der Waals surface area (Å²) in [4.78, 5) is 13.7. The van der Waals surface area contributed by atoms with Gasteiger partial charge in [-0.05, 0) is 55.9 Å². The summed E-state index contributed by atoms with van der Waals surface area (Å²) in [5.74, 6) is 0.943. The Morgan fingerprint density at radius 1 is 1.28 bits per heavy atom. The molecule has 1 aliphatic rings. The maximum atomic E-state index is 12.1. The topological polar surface area (TPSA) is 70.2 Å².